The van der Waals surface area contributed by atoms with Gasteiger partial charge >= 0.3 is 0 Å². The molecule has 3 rings (SSSR count). The van der Waals surface area contributed by atoms with Gasteiger partial charge in [0.05, 0.1) is 24.0 Å². The molecular formula is C19H17ClFN3O2. The van der Waals surface area contributed by atoms with Gasteiger partial charge in [0.1, 0.15) is 18.2 Å². The fraction of sp³-hybridized carbons (Fsp3) is 0.158. The van der Waals surface area contributed by atoms with E-state index in [2.05, 4.69) is 5.10 Å². The average Bonchev–Trinajstić information content (AvgIpc) is 3.13. The molecule has 26 heavy (non-hydrogen) atoms. The first kappa shape index (κ1) is 17.9. The van der Waals surface area contributed by atoms with Gasteiger partial charge < -0.3 is 9.64 Å². The Hall–Kier alpha value is -2.86. The Kier molecular flexibility index (Phi) is 5.53. The van der Waals surface area contributed by atoms with E-state index in [4.69, 9.17) is 16.3 Å². The molecule has 0 aliphatic heterocycles. The standard InChI is InChI=1S/C19H17ClFN3O2/c1-23(10-11-26-18-8-4-16(21)5-9-18)19(25)14-12-22-24(13-14)17-6-2-15(20)3-7-17/h2-9,12-13H,10-11H2,1H3. The van der Waals surface area contributed by atoms with Crippen LogP contribution in [0.5, 0.6) is 5.75 Å². The summed E-state index contributed by atoms with van der Waals surface area (Å²) in [7, 11) is 1.69. The summed E-state index contributed by atoms with van der Waals surface area (Å²) in [4.78, 5) is 14.0. The zero-order valence-electron chi connectivity index (χ0n) is 14.1. The molecule has 5 nitrogen and oxygen atoms in total. The van der Waals surface area contributed by atoms with E-state index >= 15 is 0 Å². The van der Waals surface area contributed by atoms with Gasteiger partial charge in [0.15, 0.2) is 0 Å². The number of amides is 1. The predicted octanol–water partition coefficient (Wildman–Crippen LogP) is 3.82. The SMILES string of the molecule is CN(CCOc1ccc(F)cc1)C(=O)c1cnn(-c2ccc(Cl)cc2)c1. The fourth-order valence-corrected chi connectivity index (χ4v) is 2.45. The Morgan fingerprint density at radius 1 is 1.19 bits per heavy atom. The molecule has 0 fully saturated rings. The summed E-state index contributed by atoms with van der Waals surface area (Å²) in [6.07, 6.45) is 3.19. The second-order valence-electron chi connectivity index (χ2n) is 5.68. The zero-order valence-corrected chi connectivity index (χ0v) is 14.9. The monoisotopic (exact) mass is 373 g/mol. The van der Waals surface area contributed by atoms with Crippen LogP contribution in [0.1, 0.15) is 10.4 Å². The van der Waals surface area contributed by atoms with Crippen LogP contribution in [-0.2, 0) is 0 Å². The molecule has 3 aromatic rings. The number of rotatable bonds is 6. The highest BCUT2D eigenvalue weighted by Gasteiger charge is 2.14. The molecule has 0 saturated carbocycles. The van der Waals surface area contributed by atoms with Crippen LogP contribution in [0.25, 0.3) is 5.69 Å². The lowest BCUT2D eigenvalue weighted by molar-refractivity contribution is 0.0774. The summed E-state index contributed by atoms with van der Waals surface area (Å²) >= 11 is 5.88. The lowest BCUT2D eigenvalue weighted by atomic mass is 10.3. The Bertz CT molecular complexity index is 879. The van der Waals surface area contributed by atoms with Crippen LogP contribution in [0.3, 0.4) is 0 Å². The molecule has 2 aromatic carbocycles. The molecule has 1 aromatic heterocycles. The van der Waals surface area contributed by atoms with E-state index in [1.165, 1.54) is 18.3 Å². The third-order valence-corrected chi connectivity index (χ3v) is 4.03. The number of hydrogen-bond donors (Lipinski definition) is 0. The molecule has 0 N–H and O–H groups in total. The Balaban J connectivity index is 1.56. The van der Waals surface area contributed by atoms with Crippen LogP contribution in [0.4, 0.5) is 4.39 Å². The Morgan fingerprint density at radius 3 is 2.58 bits per heavy atom. The molecule has 0 radical (unpaired) electrons. The number of nitrogens with zero attached hydrogens (tertiary/aromatic N) is 3. The van der Waals surface area contributed by atoms with Crippen molar-refractivity contribution in [2.75, 3.05) is 20.2 Å². The maximum Gasteiger partial charge on any atom is 0.256 e. The van der Waals surface area contributed by atoms with Crippen molar-refractivity contribution in [3.8, 4) is 11.4 Å². The van der Waals surface area contributed by atoms with Crippen molar-refractivity contribution in [1.29, 1.82) is 0 Å². The van der Waals surface area contributed by atoms with Crippen LogP contribution >= 0.6 is 11.6 Å². The van der Waals surface area contributed by atoms with E-state index < -0.39 is 0 Å². The van der Waals surface area contributed by atoms with Gasteiger partial charge in [0.2, 0.25) is 0 Å². The van der Waals surface area contributed by atoms with Gasteiger partial charge in [0.25, 0.3) is 5.91 Å². The molecule has 134 valence electrons. The van der Waals surface area contributed by atoms with Crippen LogP contribution in [0, 0.1) is 5.82 Å². The van der Waals surface area contributed by atoms with Gasteiger partial charge in [-0.2, -0.15) is 5.10 Å². The number of ether oxygens (including phenoxy) is 1. The highest BCUT2D eigenvalue weighted by atomic mass is 35.5. The first-order valence-electron chi connectivity index (χ1n) is 7.97. The highest BCUT2D eigenvalue weighted by molar-refractivity contribution is 6.30. The molecule has 1 amide bonds. The molecule has 0 spiro atoms. The maximum absolute atomic E-state index is 12.9. The van der Waals surface area contributed by atoms with Gasteiger partial charge in [-0.3, -0.25) is 4.79 Å². The van der Waals surface area contributed by atoms with Gasteiger partial charge in [-0.1, -0.05) is 11.6 Å². The van der Waals surface area contributed by atoms with Crippen LogP contribution in [0.2, 0.25) is 5.02 Å². The van der Waals surface area contributed by atoms with E-state index in [1.807, 2.05) is 12.1 Å². The Labute approximate surface area is 155 Å². The number of benzene rings is 2. The number of aromatic nitrogens is 2. The quantitative estimate of drug-likeness (QED) is 0.660. The molecule has 1 heterocycles. The lowest BCUT2D eigenvalue weighted by Crippen LogP contribution is -2.30. The number of likely N-dealkylation sites (N-methyl/N-ethyl adjacent to an activating group) is 1. The molecule has 0 bridgehead atoms. The van der Waals surface area contributed by atoms with Gasteiger partial charge in [0, 0.05) is 18.3 Å². The number of carbonyl (C=O) groups excluding carboxylic acids is 1. The van der Waals surface area contributed by atoms with E-state index in [0.717, 1.165) is 5.69 Å². The van der Waals surface area contributed by atoms with Crippen LogP contribution < -0.4 is 4.74 Å². The molecule has 0 atom stereocenters. The first-order chi connectivity index (χ1) is 12.5. The van der Waals surface area contributed by atoms with Crippen molar-refractivity contribution in [1.82, 2.24) is 14.7 Å². The summed E-state index contributed by atoms with van der Waals surface area (Å²) in [5, 5.41) is 4.85. The van der Waals surface area contributed by atoms with Crippen molar-refractivity contribution >= 4 is 17.5 Å². The van der Waals surface area contributed by atoms with E-state index in [1.54, 1.807) is 47.1 Å². The minimum Gasteiger partial charge on any atom is -0.492 e. The predicted molar refractivity (Wildman–Crippen MR) is 97.4 cm³/mol. The average molecular weight is 374 g/mol. The van der Waals surface area contributed by atoms with Crippen LogP contribution in [0.15, 0.2) is 60.9 Å². The summed E-state index contributed by atoms with van der Waals surface area (Å²) in [5.74, 6) is 0.0815. The molecule has 7 heteroatoms. The summed E-state index contributed by atoms with van der Waals surface area (Å²) in [5.41, 5.74) is 1.29. The third kappa shape index (κ3) is 4.40. The van der Waals surface area contributed by atoms with E-state index in [9.17, 15) is 9.18 Å². The topological polar surface area (TPSA) is 47.4 Å². The first-order valence-corrected chi connectivity index (χ1v) is 8.35. The number of hydrogen-bond acceptors (Lipinski definition) is 3. The second kappa shape index (κ2) is 8.01. The molecule has 0 saturated heterocycles. The molecular weight excluding hydrogens is 357 g/mol. The lowest BCUT2D eigenvalue weighted by Gasteiger charge is -2.16. The van der Waals surface area contributed by atoms with Crippen molar-refractivity contribution in [2.24, 2.45) is 0 Å². The smallest absolute Gasteiger partial charge is 0.256 e. The van der Waals surface area contributed by atoms with Crippen molar-refractivity contribution in [3.63, 3.8) is 0 Å². The van der Waals surface area contributed by atoms with E-state index in [0.29, 0.717) is 29.5 Å². The highest BCUT2D eigenvalue weighted by Crippen LogP contribution is 2.14. The molecule has 0 aliphatic carbocycles. The van der Waals surface area contributed by atoms with Crippen molar-refractivity contribution in [3.05, 3.63) is 77.3 Å². The number of halogens is 2. The number of carbonyl (C=O) groups is 1. The third-order valence-electron chi connectivity index (χ3n) is 3.78. The molecule has 0 aliphatic rings. The minimum absolute atomic E-state index is 0.159. The summed E-state index contributed by atoms with van der Waals surface area (Å²) < 4.78 is 20.0. The summed E-state index contributed by atoms with van der Waals surface area (Å²) in [6, 6.07) is 12.9. The zero-order chi connectivity index (χ0) is 18.5. The van der Waals surface area contributed by atoms with Crippen LogP contribution in [-0.4, -0.2) is 40.8 Å². The Morgan fingerprint density at radius 2 is 1.88 bits per heavy atom. The van der Waals surface area contributed by atoms with Crippen molar-refractivity contribution in [2.45, 2.75) is 0 Å². The summed E-state index contributed by atoms with van der Waals surface area (Å²) in [6.45, 7) is 0.696. The molecule has 0 unspecified atom stereocenters. The maximum atomic E-state index is 12.9. The fourth-order valence-electron chi connectivity index (χ4n) is 2.32. The largest absolute Gasteiger partial charge is 0.492 e. The normalized spacial score (nSPS) is 10.6. The van der Waals surface area contributed by atoms with Gasteiger partial charge in [-0.15, -0.1) is 0 Å². The van der Waals surface area contributed by atoms with E-state index in [-0.39, 0.29) is 11.7 Å². The second-order valence-corrected chi connectivity index (χ2v) is 6.12. The van der Waals surface area contributed by atoms with Gasteiger partial charge in [-0.05, 0) is 48.5 Å². The minimum atomic E-state index is -0.317. The van der Waals surface area contributed by atoms with Gasteiger partial charge in [-0.25, -0.2) is 9.07 Å². The van der Waals surface area contributed by atoms with Crippen molar-refractivity contribution < 1.29 is 13.9 Å².